The molecule has 3 nitrogen and oxygen atoms in total. The van der Waals surface area contributed by atoms with Crippen LogP contribution in [0.15, 0.2) is 35.0 Å². The van der Waals surface area contributed by atoms with Crippen molar-refractivity contribution in [3.05, 3.63) is 44.8 Å². The molecule has 2 aromatic rings. The molecule has 2 unspecified atom stereocenters. The molecule has 25 heavy (non-hydrogen) atoms. The molecule has 2 saturated heterocycles. The molecule has 1 N–H and O–H groups in total. The van der Waals surface area contributed by atoms with Crippen LogP contribution in [0.5, 0.6) is 0 Å². The lowest BCUT2D eigenvalue weighted by Gasteiger charge is -2.53. The molecular formula is C19H26BrNO2S2. The van der Waals surface area contributed by atoms with Gasteiger partial charge in [0.15, 0.2) is 0 Å². The predicted molar refractivity (Wildman–Crippen MR) is 99.5 cm³/mol. The van der Waals surface area contributed by atoms with Crippen molar-refractivity contribution in [2.45, 2.75) is 36.9 Å². The van der Waals surface area contributed by atoms with E-state index in [4.69, 9.17) is 4.74 Å². The number of piperidine rings is 1. The Hall–Kier alpha value is -0.240. The van der Waals surface area contributed by atoms with Crippen LogP contribution in [0.1, 0.15) is 29.0 Å². The van der Waals surface area contributed by atoms with Crippen molar-refractivity contribution in [3.63, 3.8) is 0 Å². The van der Waals surface area contributed by atoms with Crippen LogP contribution in [-0.4, -0.2) is 49.0 Å². The lowest BCUT2D eigenvalue weighted by molar-refractivity contribution is -0.953. The molecule has 0 saturated carbocycles. The van der Waals surface area contributed by atoms with Gasteiger partial charge in [-0.05, 0) is 35.2 Å². The summed E-state index contributed by atoms with van der Waals surface area (Å²) in [5, 5.41) is 15.8. The van der Waals surface area contributed by atoms with E-state index in [1.807, 2.05) is 12.1 Å². The minimum Gasteiger partial charge on any atom is -1.00 e. The van der Waals surface area contributed by atoms with Gasteiger partial charge in [0.1, 0.15) is 17.7 Å². The van der Waals surface area contributed by atoms with Gasteiger partial charge >= 0.3 is 0 Å². The van der Waals surface area contributed by atoms with E-state index in [2.05, 4.69) is 37.0 Å². The lowest BCUT2D eigenvalue weighted by atomic mass is 9.76. The Labute approximate surface area is 168 Å². The number of hydrogen-bond acceptors (Lipinski definition) is 4. The monoisotopic (exact) mass is 443 g/mol. The molecule has 138 valence electrons. The molecule has 4 rings (SSSR count). The highest BCUT2D eigenvalue weighted by molar-refractivity contribution is 7.11. The van der Waals surface area contributed by atoms with Crippen molar-refractivity contribution in [2.24, 2.45) is 5.92 Å². The van der Waals surface area contributed by atoms with Crippen LogP contribution in [0.3, 0.4) is 0 Å². The second-order valence-electron chi connectivity index (χ2n) is 7.83. The standard InChI is InChI=1S/C19H26NO2S2.BrH/c1-20(2)15-9-14(10-16(20)13-22-12-15)11-19(21,17-5-3-7-23-17)18-6-4-8-24-18;/h3-8,14-16,21H,9-13H2,1-2H3;1H/q+1;/p-1. The number of rotatable bonds is 4. The van der Waals surface area contributed by atoms with Crippen molar-refractivity contribution in [1.82, 2.24) is 0 Å². The van der Waals surface area contributed by atoms with E-state index in [9.17, 15) is 5.11 Å². The molecule has 2 aliphatic rings. The number of aliphatic hydroxyl groups is 1. The van der Waals surface area contributed by atoms with Crippen molar-refractivity contribution < 1.29 is 31.3 Å². The lowest BCUT2D eigenvalue weighted by Crippen LogP contribution is -3.00. The number of thiophene rings is 2. The van der Waals surface area contributed by atoms with Crippen LogP contribution in [0.25, 0.3) is 0 Å². The van der Waals surface area contributed by atoms with E-state index in [1.165, 1.54) is 0 Å². The van der Waals surface area contributed by atoms with Crippen molar-refractivity contribution in [1.29, 1.82) is 0 Å². The highest BCUT2D eigenvalue weighted by Crippen LogP contribution is 2.45. The van der Waals surface area contributed by atoms with E-state index in [0.717, 1.165) is 46.7 Å². The van der Waals surface area contributed by atoms with E-state index >= 15 is 0 Å². The van der Waals surface area contributed by atoms with E-state index in [1.54, 1.807) is 22.7 Å². The summed E-state index contributed by atoms with van der Waals surface area (Å²) in [6.07, 6.45) is 3.10. The summed E-state index contributed by atoms with van der Waals surface area (Å²) in [5.41, 5.74) is -0.837. The fraction of sp³-hybridized carbons (Fsp3) is 0.579. The van der Waals surface area contributed by atoms with Crippen LogP contribution in [0, 0.1) is 5.92 Å². The fourth-order valence-electron chi connectivity index (χ4n) is 4.50. The van der Waals surface area contributed by atoms with Crippen LogP contribution >= 0.6 is 22.7 Å². The minimum atomic E-state index is -0.837. The van der Waals surface area contributed by atoms with Gasteiger partial charge in [0.05, 0.1) is 27.3 Å². The molecule has 2 bridgehead atoms. The maximum absolute atomic E-state index is 11.7. The number of morpholine rings is 1. The summed E-state index contributed by atoms with van der Waals surface area (Å²) in [4.78, 5) is 2.15. The third-order valence-electron chi connectivity index (χ3n) is 6.16. The maximum atomic E-state index is 11.7. The number of likely N-dealkylation sites (N-methyl/N-ethyl adjacent to an activating group) is 1. The number of hydrogen-bond donors (Lipinski definition) is 1. The molecule has 0 aromatic carbocycles. The summed E-state index contributed by atoms with van der Waals surface area (Å²) in [7, 11) is 4.69. The quantitative estimate of drug-likeness (QED) is 0.704. The smallest absolute Gasteiger partial charge is 0.133 e. The molecular weight excluding hydrogens is 418 g/mol. The normalized spacial score (nSPS) is 28.4. The Morgan fingerprint density at radius 2 is 1.60 bits per heavy atom. The average molecular weight is 444 g/mol. The number of ether oxygens (including phenoxy) is 1. The second-order valence-corrected chi connectivity index (χ2v) is 9.73. The fourth-order valence-corrected chi connectivity index (χ4v) is 6.27. The zero-order valence-corrected chi connectivity index (χ0v) is 17.9. The summed E-state index contributed by atoms with van der Waals surface area (Å²) >= 11 is 3.33. The molecule has 4 heterocycles. The zero-order chi connectivity index (χ0) is 16.8. The van der Waals surface area contributed by atoms with Gasteiger partial charge in [0, 0.05) is 22.6 Å². The minimum absolute atomic E-state index is 0. The summed E-state index contributed by atoms with van der Waals surface area (Å²) in [5.74, 6) is 0.546. The molecule has 0 radical (unpaired) electrons. The largest absolute Gasteiger partial charge is 1.00 e. The van der Waals surface area contributed by atoms with E-state index in [0.29, 0.717) is 18.0 Å². The number of halogens is 1. The molecule has 2 aromatic heterocycles. The Morgan fingerprint density at radius 3 is 2.04 bits per heavy atom. The number of fused-ring (bicyclic) bond motifs is 2. The first-order chi connectivity index (χ1) is 11.5. The van der Waals surface area contributed by atoms with Gasteiger partial charge in [-0.3, -0.25) is 0 Å². The molecule has 0 spiro atoms. The van der Waals surface area contributed by atoms with Crippen molar-refractivity contribution in [2.75, 3.05) is 27.3 Å². The van der Waals surface area contributed by atoms with Crippen molar-refractivity contribution in [3.8, 4) is 0 Å². The Bertz CT molecular complexity index is 621. The summed E-state index contributed by atoms with van der Waals surface area (Å²) in [6, 6.07) is 9.36. The summed E-state index contributed by atoms with van der Waals surface area (Å²) < 4.78 is 6.90. The summed E-state index contributed by atoms with van der Waals surface area (Å²) in [6.45, 7) is 1.72. The highest BCUT2D eigenvalue weighted by atomic mass is 79.9. The maximum Gasteiger partial charge on any atom is 0.133 e. The van der Waals surface area contributed by atoms with Crippen LogP contribution in [-0.2, 0) is 10.3 Å². The molecule has 0 aliphatic carbocycles. The van der Waals surface area contributed by atoms with Gasteiger partial charge in [-0.1, -0.05) is 12.1 Å². The Balaban J connectivity index is 0.00000182. The highest BCUT2D eigenvalue weighted by Gasteiger charge is 2.49. The first-order valence-corrected chi connectivity index (χ1v) is 10.5. The zero-order valence-electron chi connectivity index (χ0n) is 14.7. The van der Waals surface area contributed by atoms with Gasteiger partial charge in [0.25, 0.3) is 0 Å². The molecule has 2 fully saturated rings. The van der Waals surface area contributed by atoms with Crippen LogP contribution < -0.4 is 17.0 Å². The Kier molecular flexibility index (Phi) is 5.78. The predicted octanol–water partition coefficient (Wildman–Crippen LogP) is 0.693. The van der Waals surface area contributed by atoms with Gasteiger partial charge in [-0.15, -0.1) is 22.7 Å². The third-order valence-corrected chi connectivity index (χ3v) is 8.20. The molecule has 2 atom stereocenters. The van der Waals surface area contributed by atoms with Gasteiger partial charge in [0.2, 0.25) is 0 Å². The SMILES string of the molecule is C[N+]1(C)C2COCC1CC(CC(O)(c1cccs1)c1cccs1)C2.[Br-]. The number of quaternary nitrogens is 1. The molecule has 6 heteroatoms. The topological polar surface area (TPSA) is 29.5 Å². The third kappa shape index (κ3) is 3.49. The first kappa shape index (κ1) is 19.5. The van der Waals surface area contributed by atoms with E-state index < -0.39 is 5.60 Å². The average Bonchev–Trinajstić information content (AvgIpc) is 3.22. The van der Waals surface area contributed by atoms with Gasteiger partial charge in [-0.2, -0.15) is 0 Å². The Morgan fingerprint density at radius 1 is 1.08 bits per heavy atom. The first-order valence-electron chi connectivity index (χ1n) is 8.71. The molecule has 2 aliphatic heterocycles. The van der Waals surface area contributed by atoms with Gasteiger partial charge < -0.3 is 31.3 Å². The second kappa shape index (κ2) is 7.41. The number of nitrogens with zero attached hydrogens (tertiary/aromatic N) is 1. The van der Waals surface area contributed by atoms with Crippen molar-refractivity contribution >= 4 is 22.7 Å². The van der Waals surface area contributed by atoms with Gasteiger partial charge in [-0.25, -0.2) is 0 Å². The van der Waals surface area contributed by atoms with Crippen LogP contribution in [0.2, 0.25) is 0 Å². The van der Waals surface area contributed by atoms with Crippen LogP contribution in [0.4, 0.5) is 0 Å². The van der Waals surface area contributed by atoms with E-state index in [-0.39, 0.29) is 17.0 Å². The molecule has 0 amide bonds.